The van der Waals surface area contributed by atoms with Crippen molar-refractivity contribution in [3.63, 3.8) is 0 Å². The van der Waals surface area contributed by atoms with E-state index in [1.54, 1.807) is 55.4 Å². The van der Waals surface area contributed by atoms with Crippen LogP contribution in [0.3, 0.4) is 0 Å². The summed E-state index contributed by atoms with van der Waals surface area (Å²) in [6.45, 7) is 0.890. The third-order valence-corrected chi connectivity index (χ3v) is 10.5. The highest BCUT2D eigenvalue weighted by atomic mass is 16.5. The minimum absolute atomic E-state index is 0.137. The number of carbonyl (C=O) groups is 2. The van der Waals surface area contributed by atoms with Crippen LogP contribution in [0.4, 0.5) is 17.1 Å². The van der Waals surface area contributed by atoms with Crippen molar-refractivity contribution in [1.29, 1.82) is 0 Å². The standard InChI is InChI=1S/C44H43N5O7/c1-52-34-13-9-28(10-14-34)30-18-33-24-47-38-22-42(40(54-3)20-36(38)44(51)49(33)26-30)56-16-6-4-5-15-55-41-21-37-35(19-39(41)53-2)43(50)48-25-29(17-32(48)23-46-37)27-7-11-31(45)12-8-27/h7-14,19-26,32-33H,4-6,15-18,45H2,1-3H3. The van der Waals surface area contributed by atoms with E-state index >= 15 is 0 Å². The summed E-state index contributed by atoms with van der Waals surface area (Å²) >= 11 is 0. The average Bonchev–Trinajstić information content (AvgIpc) is 3.80. The van der Waals surface area contributed by atoms with Crippen molar-refractivity contribution in [2.45, 2.75) is 44.2 Å². The number of carbonyl (C=O) groups excluding carboxylic acids is 2. The Balaban J connectivity index is 0.849. The van der Waals surface area contributed by atoms with Gasteiger partial charge in [0.1, 0.15) is 5.75 Å². The Kier molecular flexibility index (Phi) is 10.2. The number of amides is 2. The maximum Gasteiger partial charge on any atom is 0.260 e. The van der Waals surface area contributed by atoms with Gasteiger partial charge in [-0.1, -0.05) is 24.3 Å². The molecule has 0 radical (unpaired) electrons. The first-order chi connectivity index (χ1) is 27.3. The molecule has 2 amide bonds. The predicted molar refractivity (Wildman–Crippen MR) is 216 cm³/mol. The lowest BCUT2D eigenvalue weighted by molar-refractivity contribution is 0.0809. The molecular weight excluding hydrogens is 711 g/mol. The number of ether oxygens (including phenoxy) is 5. The van der Waals surface area contributed by atoms with Gasteiger partial charge in [-0.3, -0.25) is 19.6 Å². The van der Waals surface area contributed by atoms with E-state index in [0.29, 0.717) is 77.2 Å². The van der Waals surface area contributed by atoms with E-state index in [1.807, 2.05) is 73.4 Å². The van der Waals surface area contributed by atoms with Gasteiger partial charge in [0.25, 0.3) is 11.8 Å². The highest BCUT2D eigenvalue weighted by Gasteiger charge is 2.35. The highest BCUT2D eigenvalue weighted by Crippen LogP contribution is 2.42. The number of aliphatic imine (C=N–C) groups is 2. The first-order valence-electron chi connectivity index (χ1n) is 18.7. The number of hydrogen-bond acceptors (Lipinski definition) is 10. The molecule has 2 unspecified atom stereocenters. The van der Waals surface area contributed by atoms with Crippen molar-refractivity contribution in [2.75, 3.05) is 40.3 Å². The molecule has 0 spiro atoms. The van der Waals surface area contributed by atoms with E-state index in [4.69, 9.17) is 39.4 Å². The second kappa shape index (κ2) is 15.7. The van der Waals surface area contributed by atoms with Gasteiger partial charge >= 0.3 is 0 Å². The van der Waals surface area contributed by atoms with E-state index in [2.05, 4.69) is 0 Å². The second-order valence-corrected chi connectivity index (χ2v) is 14.0. The zero-order chi connectivity index (χ0) is 38.8. The van der Waals surface area contributed by atoms with E-state index in [1.165, 1.54) is 0 Å². The van der Waals surface area contributed by atoms with E-state index in [0.717, 1.165) is 47.3 Å². The van der Waals surface area contributed by atoms with Crippen molar-refractivity contribution >= 4 is 52.5 Å². The van der Waals surface area contributed by atoms with Crippen LogP contribution in [0.5, 0.6) is 28.7 Å². The van der Waals surface area contributed by atoms with Crippen LogP contribution >= 0.6 is 0 Å². The number of rotatable bonds is 13. The van der Waals surface area contributed by atoms with Gasteiger partial charge in [0.05, 0.1) is 69.1 Å². The summed E-state index contributed by atoms with van der Waals surface area (Å²) in [4.78, 5) is 40.3. The summed E-state index contributed by atoms with van der Waals surface area (Å²) in [6.07, 6.45) is 11.2. The van der Waals surface area contributed by atoms with Gasteiger partial charge in [0, 0.05) is 55.5 Å². The molecule has 12 heteroatoms. The quantitative estimate of drug-likeness (QED) is 0.108. The molecular formula is C44H43N5O7. The molecule has 8 rings (SSSR count). The largest absolute Gasteiger partial charge is 0.497 e. The zero-order valence-corrected chi connectivity index (χ0v) is 31.6. The summed E-state index contributed by atoms with van der Waals surface area (Å²) in [5.41, 5.74) is 12.8. The molecule has 0 aromatic heterocycles. The van der Waals surface area contributed by atoms with Crippen LogP contribution in [-0.4, -0.2) is 80.7 Å². The molecule has 0 saturated heterocycles. The van der Waals surface area contributed by atoms with Gasteiger partial charge in [0.2, 0.25) is 0 Å². The van der Waals surface area contributed by atoms with E-state index in [-0.39, 0.29) is 23.9 Å². The molecule has 2 N–H and O–H groups in total. The van der Waals surface area contributed by atoms with Gasteiger partial charge in [-0.05, 0) is 77.9 Å². The first-order valence-corrected chi connectivity index (χ1v) is 18.7. The first kappa shape index (κ1) is 36.4. The lowest BCUT2D eigenvalue weighted by Gasteiger charge is -2.19. The summed E-state index contributed by atoms with van der Waals surface area (Å²) in [6, 6.07) is 22.1. The molecule has 4 aliphatic heterocycles. The maximum absolute atomic E-state index is 13.7. The number of unbranched alkanes of at least 4 members (excludes halogenated alkanes) is 2. The molecule has 0 bridgehead atoms. The molecule has 12 nitrogen and oxygen atoms in total. The van der Waals surface area contributed by atoms with Gasteiger partial charge in [-0.2, -0.15) is 0 Å². The van der Waals surface area contributed by atoms with Crippen LogP contribution in [0, 0.1) is 0 Å². The molecule has 2 atom stereocenters. The van der Waals surface area contributed by atoms with Crippen molar-refractivity contribution in [3.8, 4) is 28.7 Å². The average molecular weight is 754 g/mol. The van der Waals surface area contributed by atoms with Crippen molar-refractivity contribution < 1.29 is 33.3 Å². The van der Waals surface area contributed by atoms with Crippen LogP contribution in [0.15, 0.2) is 95.2 Å². The monoisotopic (exact) mass is 753 g/mol. The molecule has 4 aromatic carbocycles. The van der Waals surface area contributed by atoms with Crippen LogP contribution in [-0.2, 0) is 0 Å². The van der Waals surface area contributed by atoms with Gasteiger partial charge in [-0.15, -0.1) is 0 Å². The van der Waals surface area contributed by atoms with Crippen molar-refractivity contribution in [2.24, 2.45) is 9.98 Å². The van der Waals surface area contributed by atoms with E-state index in [9.17, 15) is 9.59 Å². The number of nitrogens with two attached hydrogens (primary N) is 1. The van der Waals surface area contributed by atoms with Gasteiger partial charge in [-0.25, -0.2) is 0 Å². The number of nitrogens with zero attached hydrogens (tertiary/aromatic N) is 4. The Labute approximate surface area is 325 Å². The smallest absolute Gasteiger partial charge is 0.260 e. The highest BCUT2D eigenvalue weighted by molar-refractivity contribution is 6.06. The normalized spacial score (nSPS) is 17.9. The molecule has 286 valence electrons. The van der Waals surface area contributed by atoms with Crippen LogP contribution in [0.1, 0.15) is 63.9 Å². The van der Waals surface area contributed by atoms with Gasteiger partial charge in [0.15, 0.2) is 23.0 Å². The Bertz CT molecular complexity index is 2280. The molecule has 56 heavy (non-hydrogen) atoms. The number of nitrogen functional groups attached to an aromatic ring is 1. The van der Waals surface area contributed by atoms with Crippen LogP contribution in [0.25, 0.3) is 11.1 Å². The topological polar surface area (TPSA) is 138 Å². The van der Waals surface area contributed by atoms with Gasteiger partial charge < -0.3 is 39.2 Å². The minimum atomic E-state index is -0.185. The SMILES string of the molecule is COc1ccc(C2=CN3C(=O)c4cc(OC)c(OCCCCCOc5cc6c(cc5OC)C(=O)N5C=C(c7ccc(N)cc7)CC5C=N6)cc4N=CC3C2)cc1. The Morgan fingerprint density at radius 1 is 0.607 bits per heavy atom. The van der Waals surface area contributed by atoms with Crippen molar-refractivity contribution in [1.82, 2.24) is 9.80 Å². The fourth-order valence-corrected chi connectivity index (χ4v) is 7.39. The molecule has 4 heterocycles. The number of fused-ring (bicyclic) bond motifs is 4. The lowest BCUT2D eigenvalue weighted by Crippen LogP contribution is -2.32. The fourth-order valence-electron chi connectivity index (χ4n) is 7.39. The Morgan fingerprint density at radius 2 is 1.07 bits per heavy atom. The second-order valence-electron chi connectivity index (χ2n) is 14.0. The summed E-state index contributed by atoms with van der Waals surface area (Å²) in [5, 5.41) is 0. The molecule has 0 fully saturated rings. The van der Waals surface area contributed by atoms with E-state index < -0.39 is 0 Å². The number of benzene rings is 4. The Morgan fingerprint density at radius 3 is 1.52 bits per heavy atom. The zero-order valence-electron chi connectivity index (χ0n) is 31.6. The molecule has 4 aliphatic rings. The number of anilines is 1. The van der Waals surface area contributed by atoms with Crippen LogP contribution in [0.2, 0.25) is 0 Å². The Hall–Kier alpha value is -6.56. The molecule has 0 saturated carbocycles. The number of methoxy groups -OCH3 is 3. The molecule has 0 aliphatic carbocycles. The minimum Gasteiger partial charge on any atom is -0.497 e. The summed E-state index contributed by atoms with van der Waals surface area (Å²) in [5.74, 6) is 2.52. The summed E-state index contributed by atoms with van der Waals surface area (Å²) < 4.78 is 28.9. The van der Waals surface area contributed by atoms with Crippen molar-refractivity contribution in [3.05, 3.63) is 107 Å². The third-order valence-electron chi connectivity index (χ3n) is 10.5. The maximum atomic E-state index is 13.7. The van der Waals surface area contributed by atoms with Crippen LogP contribution < -0.4 is 29.4 Å². The molecule has 4 aromatic rings. The summed E-state index contributed by atoms with van der Waals surface area (Å²) in [7, 11) is 4.76. The number of hydrogen-bond donors (Lipinski definition) is 1. The lowest BCUT2D eigenvalue weighted by atomic mass is 10.0. The predicted octanol–water partition coefficient (Wildman–Crippen LogP) is 7.87. The fraction of sp³-hybridized carbons (Fsp3) is 0.273. The third kappa shape index (κ3) is 7.17.